The highest BCUT2D eigenvalue weighted by Crippen LogP contribution is 2.53. The summed E-state index contributed by atoms with van der Waals surface area (Å²) in [5, 5.41) is 35.3. The summed E-state index contributed by atoms with van der Waals surface area (Å²) >= 11 is 0.785. The molecule has 2 aliphatic heterocycles. The van der Waals surface area contributed by atoms with E-state index in [0.717, 1.165) is 0 Å². The van der Waals surface area contributed by atoms with Gasteiger partial charge in [-0.2, -0.15) is 21.0 Å². The van der Waals surface area contributed by atoms with E-state index in [-0.39, 0.29) is 10.1 Å². The van der Waals surface area contributed by atoms with Gasteiger partial charge in [0, 0.05) is 10.8 Å². The van der Waals surface area contributed by atoms with Crippen molar-refractivity contribution in [3.05, 3.63) is 56.1 Å². The molecule has 0 atom stereocenters. The minimum atomic E-state index is -2.00. The molecule has 0 spiro atoms. The highest BCUT2D eigenvalue weighted by molar-refractivity contribution is 8.04. The second-order valence-corrected chi connectivity index (χ2v) is 9.14. The fourth-order valence-corrected chi connectivity index (χ4v) is 5.78. The molecule has 2 N–H and O–H groups in total. The zero-order chi connectivity index (χ0) is 26.0. The van der Waals surface area contributed by atoms with E-state index in [0.29, 0.717) is 23.5 Å². The van der Waals surface area contributed by atoms with Crippen LogP contribution in [0.2, 0.25) is 0 Å². The van der Waals surface area contributed by atoms with E-state index in [1.54, 1.807) is 0 Å². The molecule has 5 rings (SSSR count). The van der Waals surface area contributed by atoms with E-state index in [9.17, 15) is 0 Å². The quantitative estimate of drug-likeness (QED) is 0.196. The molecule has 2 aliphatic rings. The summed E-state index contributed by atoms with van der Waals surface area (Å²) in [7, 11) is 0. The van der Waals surface area contributed by atoms with Gasteiger partial charge in [-0.1, -0.05) is 23.5 Å². The molecule has 0 bridgehead atoms. The van der Waals surface area contributed by atoms with Crippen molar-refractivity contribution in [3.63, 3.8) is 0 Å². The summed E-state index contributed by atoms with van der Waals surface area (Å²) in [5.74, 6) is -10.0. The monoisotopic (exact) mass is 528 g/mol. The molecule has 3 aromatic carbocycles. The topological polar surface area (TPSA) is 119 Å². The van der Waals surface area contributed by atoms with Gasteiger partial charge >= 0.3 is 0 Å². The molecule has 0 unspecified atom stereocenters. The average Bonchev–Trinajstić information content (AvgIpc) is 3.50. The van der Waals surface area contributed by atoms with Gasteiger partial charge in [0.2, 0.25) is 0 Å². The Morgan fingerprint density at radius 2 is 0.833 bits per heavy atom. The Labute approximate surface area is 204 Å². The van der Waals surface area contributed by atoms with Crippen LogP contribution in [0.4, 0.5) is 37.7 Å². The first-order chi connectivity index (χ1) is 17.2. The van der Waals surface area contributed by atoms with Gasteiger partial charge in [0.15, 0.2) is 34.4 Å². The number of nitrogens with one attached hydrogen (secondary N) is 2. The van der Waals surface area contributed by atoms with Gasteiger partial charge in [-0.15, -0.1) is 0 Å². The van der Waals surface area contributed by atoms with Crippen molar-refractivity contribution >= 4 is 56.4 Å². The number of thioether (sulfide) groups is 2. The van der Waals surface area contributed by atoms with Crippen LogP contribution in [-0.2, 0) is 0 Å². The maximum absolute atomic E-state index is 15.7. The van der Waals surface area contributed by atoms with E-state index in [1.807, 2.05) is 0 Å². The Morgan fingerprint density at radius 3 is 1.14 bits per heavy atom. The average molecular weight is 528 g/mol. The molecular formula is C22H2F6N6S2. The first kappa shape index (κ1) is 23.3. The summed E-state index contributed by atoms with van der Waals surface area (Å²) in [6.45, 7) is 0. The van der Waals surface area contributed by atoms with Crippen LogP contribution < -0.4 is 10.6 Å². The number of nitriles is 4. The van der Waals surface area contributed by atoms with Crippen molar-refractivity contribution < 1.29 is 26.3 Å². The van der Waals surface area contributed by atoms with E-state index < -0.39 is 88.8 Å². The van der Waals surface area contributed by atoms with Crippen LogP contribution in [-0.4, -0.2) is 0 Å². The maximum Gasteiger partial charge on any atom is 0.170 e. The summed E-state index contributed by atoms with van der Waals surface area (Å²) in [6.07, 6.45) is 0. The minimum absolute atomic E-state index is 0.295. The second kappa shape index (κ2) is 8.03. The first-order valence-electron chi connectivity index (χ1n) is 9.34. The lowest BCUT2D eigenvalue weighted by Gasteiger charge is -2.15. The highest BCUT2D eigenvalue weighted by atomic mass is 32.2. The number of anilines is 2. The van der Waals surface area contributed by atoms with E-state index in [2.05, 4.69) is 10.6 Å². The number of benzene rings is 3. The van der Waals surface area contributed by atoms with Gasteiger partial charge in [-0.3, -0.25) is 0 Å². The molecule has 0 aromatic heterocycles. The van der Waals surface area contributed by atoms with Gasteiger partial charge in [0.1, 0.15) is 46.0 Å². The molecule has 3 aromatic rings. The third-order valence-electron chi connectivity index (χ3n) is 5.34. The van der Waals surface area contributed by atoms with E-state index >= 15 is 26.3 Å². The number of hydrogen-bond donors (Lipinski definition) is 2. The van der Waals surface area contributed by atoms with Gasteiger partial charge in [-0.05, 0) is 0 Å². The van der Waals surface area contributed by atoms with Crippen molar-refractivity contribution in [2.24, 2.45) is 0 Å². The fourth-order valence-electron chi connectivity index (χ4n) is 3.81. The molecule has 14 heteroatoms. The van der Waals surface area contributed by atoms with Crippen molar-refractivity contribution in [2.75, 3.05) is 10.6 Å². The Hall–Kier alpha value is -4.50. The van der Waals surface area contributed by atoms with Crippen molar-refractivity contribution in [3.8, 4) is 24.3 Å². The predicted molar refractivity (Wildman–Crippen MR) is 117 cm³/mol. The molecule has 0 radical (unpaired) electrons. The van der Waals surface area contributed by atoms with Crippen LogP contribution >= 0.6 is 23.5 Å². The Bertz CT molecular complexity index is 1690. The van der Waals surface area contributed by atoms with Crippen LogP contribution in [0, 0.1) is 80.2 Å². The van der Waals surface area contributed by atoms with Gasteiger partial charge in [0.25, 0.3) is 0 Å². The summed E-state index contributed by atoms with van der Waals surface area (Å²) in [6, 6.07) is 6.05. The van der Waals surface area contributed by atoms with Gasteiger partial charge in [0.05, 0.1) is 31.9 Å². The molecule has 6 nitrogen and oxygen atoms in total. The highest BCUT2D eigenvalue weighted by Gasteiger charge is 2.37. The van der Waals surface area contributed by atoms with Crippen LogP contribution in [0.25, 0.3) is 21.5 Å². The smallest absolute Gasteiger partial charge is 0.170 e. The van der Waals surface area contributed by atoms with Crippen molar-refractivity contribution in [2.45, 2.75) is 9.79 Å². The van der Waals surface area contributed by atoms with Crippen molar-refractivity contribution in [1.82, 2.24) is 0 Å². The number of halogens is 6. The predicted octanol–water partition coefficient (Wildman–Crippen LogP) is 6.38. The van der Waals surface area contributed by atoms with Gasteiger partial charge < -0.3 is 10.6 Å². The standard InChI is InChI=1S/C22H2F6N6S2/c23-11-9-7(15(27)19-17(13(9)25)33-21(35-19)5(1-29)2-30)8-10(12(11)24)14(26)18-20(16(8)28)36-22(34-18)6(3-31)4-32/h33-34H. The lowest BCUT2D eigenvalue weighted by Crippen LogP contribution is -2.04. The van der Waals surface area contributed by atoms with E-state index in [4.69, 9.17) is 21.0 Å². The number of rotatable bonds is 0. The number of nitrogens with zero attached hydrogens (tertiary/aromatic N) is 4. The summed E-state index contributed by atoms with van der Waals surface area (Å²) < 4.78 is 92.3. The lowest BCUT2D eigenvalue weighted by molar-refractivity contribution is 0.511. The third-order valence-corrected chi connectivity index (χ3v) is 7.53. The normalized spacial score (nSPS) is 13.3. The molecule has 0 saturated carbocycles. The first-order valence-corrected chi connectivity index (χ1v) is 11.0. The molecular weight excluding hydrogens is 526 g/mol. The molecule has 0 amide bonds. The molecule has 174 valence electrons. The molecule has 36 heavy (non-hydrogen) atoms. The maximum atomic E-state index is 15.7. The summed E-state index contributed by atoms with van der Waals surface area (Å²) in [4.78, 5) is -1.18. The third kappa shape index (κ3) is 2.86. The number of fused-ring (bicyclic) bond motifs is 5. The van der Waals surface area contributed by atoms with Crippen LogP contribution in [0.1, 0.15) is 0 Å². The largest absolute Gasteiger partial charge is 0.345 e. The molecule has 2 heterocycles. The molecule has 0 saturated heterocycles. The van der Waals surface area contributed by atoms with Crippen molar-refractivity contribution in [1.29, 1.82) is 21.0 Å². The SMILES string of the molecule is N#CC(C#N)=C1Nc2c(c(F)c3c(c2F)c(F)c(F)c2c(F)c4c(c(F)c23)SC(=C(C#N)C#N)N4)S1. The Balaban J connectivity index is 1.95. The second-order valence-electron chi connectivity index (χ2n) is 7.10. The fraction of sp³-hybridized carbons (Fsp3) is 0. The van der Waals surface area contributed by atoms with Crippen LogP contribution in [0.5, 0.6) is 0 Å². The van der Waals surface area contributed by atoms with Crippen LogP contribution in [0.15, 0.2) is 31.0 Å². The van der Waals surface area contributed by atoms with Crippen LogP contribution in [0.3, 0.4) is 0 Å². The van der Waals surface area contributed by atoms with E-state index in [1.165, 1.54) is 24.3 Å². The Kier molecular flexibility index (Phi) is 5.19. The number of allylic oxidation sites excluding steroid dienone is 2. The Morgan fingerprint density at radius 1 is 0.500 bits per heavy atom. The number of hydrogen-bond acceptors (Lipinski definition) is 8. The lowest BCUT2D eigenvalue weighted by atomic mass is 9.97. The zero-order valence-corrected chi connectivity index (χ0v) is 18.5. The minimum Gasteiger partial charge on any atom is -0.345 e. The van der Waals surface area contributed by atoms with Gasteiger partial charge in [-0.25, -0.2) is 26.3 Å². The zero-order valence-electron chi connectivity index (χ0n) is 16.9. The summed E-state index contributed by atoms with van der Waals surface area (Å²) in [5.41, 5.74) is -2.54. The molecule has 0 fully saturated rings. The molecule has 0 aliphatic carbocycles.